The third kappa shape index (κ3) is 3.45. The summed E-state index contributed by atoms with van der Waals surface area (Å²) in [5.74, 6) is 0.141. The average Bonchev–Trinajstić information content (AvgIpc) is 2.69. The predicted molar refractivity (Wildman–Crippen MR) is 81.9 cm³/mol. The Labute approximate surface area is 126 Å². The van der Waals surface area contributed by atoms with E-state index in [9.17, 15) is 4.79 Å². The summed E-state index contributed by atoms with van der Waals surface area (Å²) in [6.45, 7) is 6.62. The van der Waals surface area contributed by atoms with Crippen LogP contribution in [0, 0.1) is 13.8 Å². The van der Waals surface area contributed by atoms with E-state index in [1.54, 1.807) is 6.07 Å². The largest absolute Gasteiger partial charge is 0.342 e. The highest BCUT2D eigenvalue weighted by Gasteiger charge is 2.14. The number of amides is 1. The van der Waals surface area contributed by atoms with Crippen LogP contribution in [0.15, 0.2) is 22.8 Å². The van der Waals surface area contributed by atoms with Gasteiger partial charge in [0.1, 0.15) is 5.69 Å². The molecule has 6 heteroatoms. The molecule has 0 aliphatic carbocycles. The first-order valence-corrected chi connectivity index (χ1v) is 7.28. The molecule has 0 aliphatic heterocycles. The number of hydrogen-bond donors (Lipinski definition) is 1. The van der Waals surface area contributed by atoms with Crippen molar-refractivity contribution in [2.75, 3.05) is 5.32 Å². The smallest absolute Gasteiger partial charge is 0.274 e. The van der Waals surface area contributed by atoms with Crippen molar-refractivity contribution in [2.24, 2.45) is 0 Å². The quantitative estimate of drug-likeness (QED) is 0.931. The van der Waals surface area contributed by atoms with Crippen molar-refractivity contribution in [3.8, 4) is 0 Å². The zero-order valence-electron chi connectivity index (χ0n) is 11.8. The molecule has 0 aliphatic rings. The van der Waals surface area contributed by atoms with Crippen LogP contribution in [-0.4, -0.2) is 20.4 Å². The third-order valence-electron chi connectivity index (χ3n) is 2.77. The second kappa shape index (κ2) is 6.17. The second-order valence-electron chi connectivity index (χ2n) is 4.67. The minimum atomic E-state index is -0.200. The molecule has 1 N–H and O–H groups in total. The Morgan fingerprint density at radius 1 is 1.30 bits per heavy atom. The van der Waals surface area contributed by atoms with Gasteiger partial charge < -0.3 is 4.57 Å². The molecule has 0 aromatic carbocycles. The lowest BCUT2D eigenvalue weighted by atomic mass is 10.3. The molecule has 2 aromatic heterocycles. The van der Waals surface area contributed by atoms with E-state index in [0.29, 0.717) is 11.6 Å². The highest BCUT2D eigenvalue weighted by Crippen LogP contribution is 2.16. The van der Waals surface area contributed by atoms with Gasteiger partial charge in [-0.25, -0.2) is 9.97 Å². The van der Waals surface area contributed by atoms with Gasteiger partial charge in [0.25, 0.3) is 5.91 Å². The average molecular weight is 337 g/mol. The number of aromatic nitrogens is 3. The Kier molecular flexibility index (Phi) is 4.54. The predicted octanol–water partition coefficient (Wildman–Crippen LogP) is 3.32. The monoisotopic (exact) mass is 336 g/mol. The number of hydrogen-bond acceptors (Lipinski definition) is 3. The minimum Gasteiger partial charge on any atom is -0.342 e. The van der Waals surface area contributed by atoms with E-state index in [1.165, 1.54) is 0 Å². The highest BCUT2D eigenvalue weighted by atomic mass is 79.9. The van der Waals surface area contributed by atoms with E-state index in [4.69, 9.17) is 0 Å². The van der Waals surface area contributed by atoms with E-state index in [0.717, 1.165) is 28.8 Å². The molecule has 1 amide bonds. The van der Waals surface area contributed by atoms with Crippen molar-refractivity contribution < 1.29 is 4.79 Å². The molecule has 2 aromatic rings. The van der Waals surface area contributed by atoms with E-state index < -0.39 is 0 Å². The molecule has 5 nitrogen and oxygen atoms in total. The van der Waals surface area contributed by atoms with Gasteiger partial charge in [-0.1, -0.05) is 6.92 Å². The SMILES string of the molecule is CCCn1cc(Br)cc1C(=O)Nc1nc(C)cc(C)n1. The lowest BCUT2D eigenvalue weighted by Gasteiger charge is -2.08. The van der Waals surface area contributed by atoms with Crippen molar-refractivity contribution >= 4 is 27.8 Å². The minimum absolute atomic E-state index is 0.200. The van der Waals surface area contributed by atoms with Gasteiger partial charge in [0, 0.05) is 28.6 Å². The summed E-state index contributed by atoms with van der Waals surface area (Å²) in [4.78, 5) is 20.7. The lowest BCUT2D eigenvalue weighted by Crippen LogP contribution is -2.18. The molecule has 2 heterocycles. The number of nitrogens with one attached hydrogen (secondary N) is 1. The second-order valence-corrected chi connectivity index (χ2v) is 5.58. The fourth-order valence-electron chi connectivity index (χ4n) is 2.04. The molecule has 0 radical (unpaired) electrons. The van der Waals surface area contributed by atoms with Crippen LogP contribution in [0.25, 0.3) is 0 Å². The molecular weight excluding hydrogens is 320 g/mol. The Bertz CT molecular complexity index is 616. The summed E-state index contributed by atoms with van der Waals surface area (Å²) in [6.07, 6.45) is 2.86. The first kappa shape index (κ1) is 14.7. The maximum atomic E-state index is 12.3. The van der Waals surface area contributed by atoms with Crippen LogP contribution in [0.2, 0.25) is 0 Å². The first-order chi connectivity index (χ1) is 9.49. The number of nitrogens with zero attached hydrogens (tertiary/aromatic N) is 3. The summed E-state index contributed by atoms with van der Waals surface area (Å²) in [6, 6.07) is 3.67. The number of carbonyl (C=O) groups is 1. The van der Waals surface area contributed by atoms with Crippen LogP contribution < -0.4 is 5.32 Å². The van der Waals surface area contributed by atoms with Crippen LogP contribution in [0.3, 0.4) is 0 Å². The summed E-state index contributed by atoms with van der Waals surface area (Å²) >= 11 is 3.40. The summed E-state index contributed by atoms with van der Waals surface area (Å²) < 4.78 is 2.81. The number of aryl methyl sites for hydroxylation is 3. The van der Waals surface area contributed by atoms with Crippen LogP contribution in [0.4, 0.5) is 5.95 Å². The maximum absolute atomic E-state index is 12.3. The van der Waals surface area contributed by atoms with Gasteiger partial charge in [-0.15, -0.1) is 0 Å². The molecule has 0 saturated carbocycles. The van der Waals surface area contributed by atoms with Gasteiger partial charge in [0.2, 0.25) is 5.95 Å². The molecule has 0 saturated heterocycles. The molecule has 0 unspecified atom stereocenters. The molecule has 2 rings (SSSR count). The number of rotatable bonds is 4. The molecule has 106 valence electrons. The zero-order chi connectivity index (χ0) is 14.7. The van der Waals surface area contributed by atoms with Crippen molar-refractivity contribution in [1.29, 1.82) is 0 Å². The number of carbonyl (C=O) groups excluding carboxylic acids is 1. The number of halogens is 1. The van der Waals surface area contributed by atoms with E-state index in [2.05, 4.69) is 38.1 Å². The molecule has 0 fully saturated rings. The Balaban J connectivity index is 2.23. The number of anilines is 1. The van der Waals surface area contributed by atoms with Gasteiger partial charge in [-0.2, -0.15) is 0 Å². The summed E-state index contributed by atoms with van der Waals surface area (Å²) in [5.41, 5.74) is 2.26. The lowest BCUT2D eigenvalue weighted by molar-refractivity contribution is 0.101. The van der Waals surface area contributed by atoms with Crippen LogP contribution >= 0.6 is 15.9 Å². The van der Waals surface area contributed by atoms with Gasteiger partial charge >= 0.3 is 0 Å². The van der Waals surface area contributed by atoms with Crippen molar-refractivity contribution in [1.82, 2.24) is 14.5 Å². The summed E-state index contributed by atoms with van der Waals surface area (Å²) in [7, 11) is 0. The molecule has 0 atom stereocenters. The highest BCUT2D eigenvalue weighted by molar-refractivity contribution is 9.10. The molecule has 0 spiro atoms. The summed E-state index contributed by atoms with van der Waals surface area (Å²) in [5, 5.41) is 2.75. The van der Waals surface area contributed by atoms with Crippen molar-refractivity contribution in [2.45, 2.75) is 33.7 Å². The Morgan fingerprint density at radius 2 is 1.95 bits per heavy atom. The van der Waals surface area contributed by atoms with E-state index in [-0.39, 0.29) is 5.91 Å². The van der Waals surface area contributed by atoms with E-state index >= 15 is 0 Å². The first-order valence-electron chi connectivity index (χ1n) is 6.49. The standard InChI is InChI=1S/C14H17BrN4O/c1-4-5-19-8-11(15)7-12(19)13(20)18-14-16-9(2)6-10(3)17-14/h6-8H,4-5H2,1-3H3,(H,16,17,18,20). The zero-order valence-corrected chi connectivity index (χ0v) is 13.4. The van der Waals surface area contributed by atoms with Crippen LogP contribution in [-0.2, 0) is 6.54 Å². The van der Waals surface area contributed by atoms with E-state index in [1.807, 2.05) is 30.7 Å². The fraction of sp³-hybridized carbons (Fsp3) is 0.357. The fourth-order valence-corrected chi connectivity index (χ4v) is 2.50. The Hall–Kier alpha value is -1.69. The van der Waals surface area contributed by atoms with Crippen LogP contribution in [0.1, 0.15) is 35.2 Å². The normalized spacial score (nSPS) is 10.6. The maximum Gasteiger partial charge on any atom is 0.274 e. The van der Waals surface area contributed by atoms with Gasteiger partial charge in [-0.3, -0.25) is 10.1 Å². The molecular formula is C14H17BrN4O. The third-order valence-corrected chi connectivity index (χ3v) is 3.20. The van der Waals surface area contributed by atoms with Gasteiger partial charge in [-0.05, 0) is 48.3 Å². The van der Waals surface area contributed by atoms with Crippen LogP contribution in [0.5, 0.6) is 0 Å². The molecule has 0 bridgehead atoms. The van der Waals surface area contributed by atoms with Crippen molar-refractivity contribution in [3.63, 3.8) is 0 Å². The van der Waals surface area contributed by atoms with Gasteiger partial charge in [0.05, 0.1) is 0 Å². The topological polar surface area (TPSA) is 59.8 Å². The Morgan fingerprint density at radius 3 is 2.55 bits per heavy atom. The molecule has 20 heavy (non-hydrogen) atoms. The van der Waals surface area contributed by atoms with Gasteiger partial charge in [0.15, 0.2) is 0 Å². The van der Waals surface area contributed by atoms with Crippen molar-refractivity contribution in [3.05, 3.63) is 39.9 Å².